The van der Waals surface area contributed by atoms with Crippen molar-refractivity contribution >= 4 is 26.0 Å². The smallest absolute Gasteiger partial charge is 0.211 e. The fraction of sp³-hybridized carbons (Fsp3) is 1.00. The van der Waals surface area contributed by atoms with Crippen LogP contribution in [0.1, 0.15) is 25.7 Å². The molecule has 0 N–H and O–H groups in total. The van der Waals surface area contributed by atoms with Crippen LogP contribution >= 0.6 is 15.9 Å². The average molecular weight is 282 g/mol. The van der Waals surface area contributed by atoms with Gasteiger partial charge in [0.15, 0.2) is 0 Å². The molecule has 3 nitrogen and oxygen atoms in total. The van der Waals surface area contributed by atoms with Gasteiger partial charge in [0.05, 0.1) is 0 Å². The maximum Gasteiger partial charge on any atom is 0.224 e. The Hall–Kier alpha value is 0.390. The third-order valence-corrected chi connectivity index (χ3v) is 6.57. The van der Waals surface area contributed by atoms with Crippen molar-refractivity contribution in [3.63, 3.8) is 0 Å². The van der Waals surface area contributed by atoms with Crippen molar-refractivity contribution in [2.24, 2.45) is 11.8 Å². The Morgan fingerprint density at radius 1 is 1.14 bits per heavy atom. The summed E-state index contributed by atoms with van der Waals surface area (Å²) < 4.78 is 25.0. The van der Waals surface area contributed by atoms with Gasteiger partial charge in [0, 0.05) is 13.1 Å². The molecule has 2 rings (SSSR count). The van der Waals surface area contributed by atoms with Gasteiger partial charge >= 0.3 is 0 Å². The first-order valence-corrected chi connectivity index (χ1v) is 7.90. The molecule has 0 amide bonds. The monoisotopic (exact) mass is 281 g/mol. The SMILES string of the molecule is O=S(=O)(CBr)N1C[C@H]2CCCC[C@H]2C1. The van der Waals surface area contributed by atoms with Crippen LogP contribution in [0, 0.1) is 11.8 Å². The number of hydrogen-bond donors (Lipinski definition) is 0. The van der Waals surface area contributed by atoms with E-state index in [1.54, 1.807) is 4.31 Å². The predicted octanol–water partition coefficient (Wildman–Crippen LogP) is 1.79. The van der Waals surface area contributed by atoms with Crippen molar-refractivity contribution in [2.45, 2.75) is 25.7 Å². The summed E-state index contributed by atoms with van der Waals surface area (Å²) in [7, 11) is -3.01. The lowest BCUT2D eigenvalue weighted by Crippen LogP contribution is -2.29. The molecule has 0 spiro atoms. The standard InChI is InChI=1S/C9H16BrNO2S/c10-7-14(12,13)11-5-8-3-1-2-4-9(8)6-11/h8-9H,1-7H2/t8-,9+. The van der Waals surface area contributed by atoms with Crippen molar-refractivity contribution in [1.82, 2.24) is 4.31 Å². The van der Waals surface area contributed by atoms with E-state index >= 15 is 0 Å². The summed E-state index contributed by atoms with van der Waals surface area (Å²) in [5.41, 5.74) is 0. The summed E-state index contributed by atoms with van der Waals surface area (Å²) in [4.78, 5) is 0. The van der Waals surface area contributed by atoms with Crippen LogP contribution < -0.4 is 0 Å². The molecule has 0 aromatic carbocycles. The lowest BCUT2D eigenvalue weighted by molar-refractivity contribution is 0.299. The van der Waals surface area contributed by atoms with Crippen LogP contribution in [0.5, 0.6) is 0 Å². The summed E-state index contributed by atoms with van der Waals surface area (Å²) >= 11 is 3.05. The first-order valence-electron chi connectivity index (χ1n) is 5.17. The molecule has 0 aromatic rings. The Bertz CT molecular complexity index is 290. The summed E-state index contributed by atoms with van der Waals surface area (Å²) in [6, 6.07) is 0. The number of nitrogens with zero attached hydrogens (tertiary/aromatic N) is 1. The molecule has 1 aliphatic carbocycles. The maximum atomic E-state index is 11.6. The van der Waals surface area contributed by atoms with Crippen molar-refractivity contribution < 1.29 is 8.42 Å². The predicted molar refractivity (Wildman–Crippen MR) is 59.7 cm³/mol. The molecular formula is C9H16BrNO2S. The fourth-order valence-corrected chi connectivity index (χ4v) is 4.50. The van der Waals surface area contributed by atoms with E-state index < -0.39 is 10.0 Å². The quantitative estimate of drug-likeness (QED) is 0.724. The zero-order chi connectivity index (χ0) is 10.2. The number of sulfonamides is 1. The van der Waals surface area contributed by atoms with Gasteiger partial charge in [-0.2, -0.15) is 0 Å². The molecule has 0 aromatic heterocycles. The Balaban J connectivity index is 2.06. The van der Waals surface area contributed by atoms with Gasteiger partial charge in [-0.15, -0.1) is 0 Å². The highest BCUT2D eigenvalue weighted by Gasteiger charge is 2.38. The Labute approximate surface area is 94.0 Å². The summed E-state index contributed by atoms with van der Waals surface area (Å²) in [6.07, 6.45) is 5.00. The minimum Gasteiger partial charge on any atom is -0.211 e. The number of fused-ring (bicyclic) bond motifs is 1. The second-order valence-corrected chi connectivity index (χ2v) is 7.61. The van der Waals surface area contributed by atoms with Crippen LogP contribution in [-0.2, 0) is 10.0 Å². The highest BCUT2D eigenvalue weighted by molar-refractivity contribution is 9.10. The summed E-state index contributed by atoms with van der Waals surface area (Å²) in [5.74, 6) is 1.27. The van der Waals surface area contributed by atoms with Gasteiger partial charge in [-0.3, -0.25) is 0 Å². The lowest BCUT2D eigenvalue weighted by Gasteiger charge is -2.22. The van der Waals surface area contributed by atoms with Gasteiger partial charge in [-0.1, -0.05) is 28.8 Å². The zero-order valence-electron chi connectivity index (χ0n) is 8.15. The van der Waals surface area contributed by atoms with Crippen LogP contribution in [0.15, 0.2) is 0 Å². The fourth-order valence-electron chi connectivity index (χ4n) is 2.66. The molecule has 1 saturated heterocycles. The molecule has 1 saturated carbocycles. The van der Waals surface area contributed by atoms with E-state index in [4.69, 9.17) is 0 Å². The van der Waals surface area contributed by atoms with Crippen molar-refractivity contribution in [3.05, 3.63) is 0 Å². The summed E-state index contributed by atoms with van der Waals surface area (Å²) in [6.45, 7) is 1.52. The van der Waals surface area contributed by atoms with Crippen LogP contribution in [0.4, 0.5) is 0 Å². The number of rotatable bonds is 2. The molecule has 1 aliphatic heterocycles. The molecule has 0 bridgehead atoms. The summed E-state index contributed by atoms with van der Waals surface area (Å²) in [5, 5.41) is 0. The third-order valence-electron chi connectivity index (χ3n) is 3.47. The van der Waals surface area contributed by atoms with E-state index in [2.05, 4.69) is 15.9 Å². The molecule has 0 radical (unpaired) electrons. The highest BCUT2D eigenvalue weighted by atomic mass is 79.9. The molecule has 82 valence electrons. The Kier molecular flexibility index (Phi) is 3.19. The van der Waals surface area contributed by atoms with Crippen LogP contribution in [0.2, 0.25) is 0 Å². The second-order valence-electron chi connectivity index (χ2n) is 4.34. The Morgan fingerprint density at radius 2 is 1.64 bits per heavy atom. The van der Waals surface area contributed by atoms with E-state index in [1.165, 1.54) is 25.7 Å². The second kappa shape index (κ2) is 4.10. The molecule has 2 aliphatic rings. The topological polar surface area (TPSA) is 37.4 Å². The van der Waals surface area contributed by atoms with Crippen molar-refractivity contribution in [1.29, 1.82) is 0 Å². The molecule has 2 fully saturated rings. The third kappa shape index (κ3) is 1.99. The minimum atomic E-state index is -3.01. The number of alkyl halides is 1. The highest BCUT2D eigenvalue weighted by Crippen LogP contribution is 2.37. The van der Waals surface area contributed by atoms with Gasteiger partial charge in [-0.25, -0.2) is 12.7 Å². The number of hydrogen-bond acceptors (Lipinski definition) is 2. The normalized spacial score (nSPS) is 34.4. The zero-order valence-corrected chi connectivity index (χ0v) is 10.6. The van der Waals surface area contributed by atoms with Gasteiger partial charge in [0.1, 0.15) is 4.66 Å². The molecule has 2 atom stereocenters. The van der Waals surface area contributed by atoms with Gasteiger partial charge in [0.2, 0.25) is 10.0 Å². The largest absolute Gasteiger partial charge is 0.224 e. The first-order chi connectivity index (χ1) is 6.63. The van der Waals surface area contributed by atoms with Crippen LogP contribution in [-0.4, -0.2) is 30.5 Å². The van der Waals surface area contributed by atoms with E-state index in [9.17, 15) is 8.42 Å². The van der Waals surface area contributed by atoms with Gasteiger partial charge < -0.3 is 0 Å². The number of halogens is 1. The van der Waals surface area contributed by atoms with E-state index in [1.807, 2.05) is 0 Å². The lowest BCUT2D eigenvalue weighted by atomic mass is 9.82. The van der Waals surface area contributed by atoms with Gasteiger partial charge in [-0.05, 0) is 24.7 Å². The Morgan fingerprint density at radius 3 is 2.07 bits per heavy atom. The minimum absolute atomic E-state index is 0.0689. The van der Waals surface area contributed by atoms with E-state index in [0.717, 1.165) is 13.1 Å². The van der Waals surface area contributed by atoms with E-state index in [-0.39, 0.29) is 4.66 Å². The van der Waals surface area contributed by atoms with Crippen molar-refractivity contribution in [3.8, 4) is 0 Å². The molecule has 0 unspecified atom stereocenters. The molecule has 1 heterocycles. The molecular weight excluding hydrogens is 266 g/mol. The van der Waals surface area contributed by atoms with E-state index in [0.29, 0.717) is 11.8 Å². The van der Waals surface area contributed by atoms with Crippen LogP contribution in [0.25, 0.3) is 0 Å². The van der Waals surface area contributed by atoms with Crippen molar-refractivity contribution in [2.75, 3.05) is 17.8 Å². The van der Waals surface area contributed by atoms with Gasteiger partial charge in [0.25, 0.3) is 0 Å². The maximum absolute atomic E-state index is 11.6. The molecule has 5 heteroatoms. The average Bonchev–Trinajstić information content (AvgIpc) is 2.61. The molecule has 14 heavy (non-hydrogen) atoms. The first kappa shape index (κ1) is 10.9. The van der Waals surface area contributed by atoms with Crippen LogP contribution in [0.3, 0.4) is 0 Å².